The van der Waals surface area contributed by atoms with Crippen LogP contribution in [-0.2, 0) is 11.3 Å². The molecule has 0 saturated carbocycles. The molecule has 0 unspecified atom stereocenters. The molecule has 7 nitrogen and oxygen atoms in total. The third kappa shape index (κ3) is 4.71. The Kier molecular flexibility index (Phi) is 6.80. The predicted octanol–water partition coefficient (Wildman–Crippen LogP) is 2.82. The lowest BCUT2D eigenvalue weighted by Gasteiger charge is -2.05. The van der Waals surface area contributed by atoms with Gasteiger partial charge in [0, 0.05) is 31.9 Å². The monoisotopic (exact) mass is 373 g/mol. The van der Waals surface area contributed by atoms with Gasteiger partial charge in [-0.2, -0.15) is 5.10 Å². The number of rotatable bonds is 4. The maximum Gasteiger partial charge on any atom is 0.272 e. The second-order valence-corrected chi connectivity index (χ2v) is 4.92. The summed E-state index contributed by atoms with van der Waals surface area (Å²) in [6, 6.07) is 4.85. The van der Waals surface area contributed by atoms with Gasteiger partial charge in [0.1, 0.15) is 16.1 Å². The lowest BCUT2D eigenvalue weighted by atomic mass is 10.2. The molecule has 0 aliphatic carbocycles. The summed E-state index contributed by atoms with van der Waals surface area (Å²) in [6.45, 7) is 0.0174. The Balaban J connectivity index is 0.000000745. The average molecular weight is 374 g/mol. The van der Waals surface area contributed by atoms with Crippen molar-refractivity contribution >= 4 is 27.9 Å². The van der Waals surface area contributed by atoms with Crippen LogP contribution in [0.3, 0.4) is 0 Å². The fourth-order valence-corrected chi connectivity index (χ4v) is 1.99. The van der Waals surface area contributed by atoms with Crippen LogP contribution in [0.15, 0.2) is 28.9 Å². The van der Waals surface area contributed by atoms with E-state index in [2.05, 4.69) is 25.8 Å². The molecule has 1 aromatic carbocycles. The van der Waals surface area contributed by atoms with E-state index in [1.54, 1.807) is 14.2 Å². The van der Waals surface area contributed by atoms with E-state index in [1.165, 1.54) is 22.9 Å². The molecule has 2 rings (SSSR count). The Hall–Kier alpha value is -2.13. The van der Waals surface area contributed by atoms with Crippen molar-refractivity contribution in [3.8, 4) is 0 Å². The van der Waals surface area contributed by atoms with Gasteiger partial charge in [-0.25, -0.2) is 4.39 Å². The summed E-state index contributed by atoms with van der Waals surface area (Å²) in [4.78, 5) is 20.6. The number of non-ortho nitro benzene ring substituents is 1. The zero-order chi connectivity index (χ0) is 16.7. The molecule has 0 radical (unpaired) electrons. The molecule has 0 spiro atoms. The number of carbonyl (C=O) groups is 1. The van der Waals surface area contributed by atoms with Gasteiger partial charge in [0.25, 0.3) is 5.69 Å². The van der Waals surface area contributed by atoms with Gasteiger partial charge in [0.2, 0.25) is 0 Å². The first-order valence-corrected chi connectivity index (χ1v) is 6.73. The lowest BCUT2D eigenvalue weighted by molar-refractivity contribution is -0.385. The van der Waals surface area contributed by atoms with Crippen molar-refractivity contribution < 1.29 is 18.8 Å². The molecule has 2 aromatic rings. The number of halogens is 2. The van der Waals surface area contributed by atoms with Crippen LogP contribution in [0.2, 0.25) is 0 Å². The maximum atomic E-state index is 13.7. The Morgan fingerprint density at radius 2 is 2.09 bits per heavy atom. The summed E-state index contributed by atoms with van der Waals surface area (Å²) in [5, 5.41) is 14.5. The van der Waals surface area contributed by atoms with Gasteiger partial charge in [0.15, 0.2) is 6.29 Å². The van der Waals surface area contributed by atoms with Crippen molar-refractivity contribution in [2.75, 3.05) is 14.2 Å². The quantitative estimate of drug-likeness (QED) is 0.467. The third-order valence-electron chi connectivity index (χ3n) is 2.47. The number of methoxy groups -OCH3 is 1. The highest BCUT2D eigenvalue weighted by atomic mass is 79.9. The largest absolute Gasteiger partial charge is 0.388 e. The van der Waals surface area contributed by atoms with Gasteiger partial charge in [-0.1, -0.05) is 0 Å². The zero-order valence-corrected chi connectivity index (χ0v) is 13.4. The number of carbonyl (C=O) groups excluding carboxylic acids is 1. The molecular formula is C13H13BrFN3O4. The molecule has 0 amide bonds. The summed E-state index contributed by atoms with van der Waals surface area (Å²) < 4.78 is 19.7. The summed E-state index contributed by atoms with van der Waals surface area (Å²) >= 11 is 3.11. The first-order chi connectivity index (χ1) is 10.4. The topological polar surface area (TPSA) is 87.3 Å². The normalized spacial score (nSPS) is 9.82. The smallest absolute Gasteiger partial charge is 0.272 e. The molecular weight excluding hydrogens is 361 g/mol. The number of aldehydes is 1. The Bertz CT molecular complexity index is 675. The fourth-order valence-electron chi connectivity index (χ4n) is 1.56. The fraction of sp³-hybridized carbons (Fsp3) is 0.231. The van der Waals surface area contributed by atoms with Crippen molar-refractivity contribution in [3.63, 3.8) is 0 Å². The van der Waals surface area contributed by atoms with E-state index in [4.69, 9.17) is 0 Å². The number of nitro groups is 1. The van der Waals surface area contributed by atoms with Gasteiger partial charge in [-0.05, 0) is 22.0 Å². The van der Waals surface area contributed by atoms with Crippen molar-refractivity contribution in [2.45, 2.75) is 6.54 Å². The minimum absolute atomic E-state index is 0.0174. The highest BCUT2D eigenvalue weighted by molar-refractivity contribution is 9.10. The van der Waals surface area contributed by atoms with Crippen LogP contribution >= 0.6 is 15.9 Å². The van der Waals surface area contributed by atoms with E-state index in [0.717, 1.165) is 6.07 Å². The number of aromatic nitrogens is 2. The number of ether oxygens (including phenoxy) is 1. The van der Waals surface area contributed by atoms with Crippen molar-refractivity contribution in [3.05, 3.63) is 56.1 Å². The number of hydrogen-bond donors (Lipinski definition) is 0. The van der Waals surface area contributed by atoms with E-state index in [9.17, 15) is 19.3 Å². The number of hydrogen-bond acceptors (Lipinski definition) is 5. The van der Waals surface area contributed by atoms with Crippen LogP contribution in [0.5, 0.6) is 0 Å². The van der Waals surface area contributed by atoms with Gasteiger partial charge in [-0.15, -0.1) is 0 Å². The molecule has 1 heterocycles. The van der Waals surface area contributed by atoms with Crippen LogP contribution in [-0.4, -0.2) is 35.2 Å². The van der Waals surface area contributed by atoms with Crippen LogP contribution in [0.1, 0.15) is 16.1 Å². The zero-order valence-electron chi connectivity index (χ0n) is 11.8. The van der Waals surface area contributed by atoms with E-state index >= 15 is 0 Å². The minimum Gasteiger partial charge on any atom is -0.388 e. The molecule has 0 N–H and O–H groups in total. The average Bonchev–Trinajstić information content (AvgIpc) is 2.81. The van der Waals surface area contributed by atoms with Gasteiger partial charge >= 0.3 is 0 Å². The molecule has 0 fully saturated rings. The summed E-state index contributed by atoms with van der Waals surface area (Å²) in [5.74, 6) is -0.710. The van der Waals surface area contributed by atoms with Crippen LogP contribution in [0.25, 0.3) is 0 Å². The number of nitrogens with zero attached hydrogens (tertiary/aromatic N) is 3. The highest BCUT2D eigenvalue weighted by Gasteiger charge is 2.13. The van der Waals surface area contributed by atoms with Gasteiger partial charge in [0.05, 0.1) is 17.5 Å². The van der Waals surface area contributed by atoms with Crippen molar-refractivity contribution in [2.24, 2.45) is 0 Å². The maximum absolute atomic E-state index is 13.7. The van der Waals surface area contributed by atoms with E-state index in [1.807, 2.05) is 0 Å². The summed E-state index contributed by atoms with van der Waals surface area (Å²) in [7, 11) is 3.25. The molecule has 9 heteroatoms. The first kappa shape index (κ1) is 17.9. The molecule has 0 aliphatic rings. The third-order valence-corrected chi connectivity index (χ3v) is 2.86. The Morgan fingerprint density at radius 3 is 2.59 bits per heavy atom. The predicted molar refractivity (Wildman–Crippen MR) is 80.4 cm³/mol. The minimum atomic E-state index is -0.710. The molecule has 0 aliphatic heterocycles. The molecule has 0 atom stereocenters. The standard InChI is InChI=1S/C11H7BrFN3O3.C2H6O/c12-11-4-9(6-17)15(14-11)5-7-1-2-8(16(18)19)3-10(7)13;1-3-2/h1-4,6H,5H2;1-2H3. The second kappa shape index (κ2) is 8.35. The van der Waals surface area contributed by atoms with Gasteiger partial charge in [-0.3, -0.25) is 19.6 Å². The molecule has 0 saturated heterocycles. The summed E-state index contributed by atoms with van der Waals surface area (Å²) in [5.41, 5.74) is 0.174. The second-order valence-electron chi connectivity index (χ2n) is 4.11. The van der Waals surface area contributed by atoms with Crippen LogP contribution in [0.4, 0.5) is 10.1 Å². The summed E-state index contributed by atoms with van der Waals surface area (Å²) in [6.07, 6.45) is 0.598. The van der Waals surface area contributed by atoms with Crippen LogP contribution in [0, 0.1) is 15.9 Å². The van der Waals surface area contributed by atoms with E-state index in [0.29, 0.717) is 10.9 Å². The Morgan fingerprint density at radius 1 is 1.45 bits per heavy atom. The molecule has 118 valence electrons. The highest BCUT2D eigenvalue weighted by Crippen LogP contribution is 2.18. The number of benzene rings is 1. The molecule has 22 heavy (non-hydrogen) atoms. The van der Waals surface area contributed by atoms with Crippen molar-refractivity contribution in [1.82, 2.24) is 9.78 Å². The van der Waals surface area contributed by atoms with Crippen molar-refractivity contribution in [1.29, 1.82) is 0 Å². The van der Waals surface area contributed by atoms with Crippen LogP contribution < -0.4 is 0 Å². The SMILES string of the molecule is COC.O=Cc1cc(Br)nn1Cc1ccc([N+](=O)[O-])cc1F. The molecule has 1 aromatic heterocycles. The van der Waals surface area contributed by atoms with Gasteiger partial charge < -0.3 is 4.74 Å². The van der Waals surface area contributed by atoms with E-state index < -0.39 is 10.7 Å². The lowest BCUT2D eigenvalue weighted by Crippen LogP contribution is -2.07. The number of nitro benzene ring substituents is 1. The first-order valence-electron chi connectivity index (χ1n) is 5.94. The van der Waals surface area contributed by atoms with E-state index in [-0.39, 0.29) is 23.5 Å². The Labute approximate surface area is 134 Å². The molecule has 0 bridgehead atoms.